The lowest BCUT2D eigenvalue weighted by atomic mass is 10.1. The van der Waals surface area contributed by atoms with Crippen LogP contribution in [0.2, 0.25) is 0 Å². The van der Waals surface area contributed by atoms with Crippen LogP contribution in [0.1, 0.15) is 26.3 Å². The first kappa shape index (κ1) is 15.2. The van der Waals surface area contributed by atoms with E-state index in [1.807, 2.05) is 75.4 Å². The standard InChI is InChI=1S/C19H19NO3/c1-19(2,3)23-18(21)20-15-11-7-8-12-17(15)22-13-16(20)14-9-5-4-6-10-14/h4-13H,1-3H3. The number of nitrogens with zero attached hydrogens (tertiary/aromatic N) is 1. The Morgan fingerprint density at radius 2 is 1.65 bits per heavy atom. The molecule has 0 fully saturated rings. The van der Waals surface area contributed by atoms with Crippen molar-refractivity contribution in [1.82, 2.24) is 0 Å². The summed E-state index contributed by atoms with van der Waals surface area (Å²) in [5.74, 6) is 0.623. The molecule has 1 aliphatic heterocycles. The molecule has 1 aliphatic rings. The monoisotopic (exact) mass is 309 g/mol. The van der Waals surface area contributed by atoms with E-state index in [1.54, 1.807) is 11.2 Å². The molecule has 0 saturated heterocycles. The van der Waals surface area contributed by atoms with Crippen molar-refractivity contribution in [3.63, 3.8) is 0 Å². The van der Waals surface area contributed by atoms with Gasteiger partial charge in [-0.2, -0.15) is 0 Å². The maximum Gasteiger partial charge on any atom is 0.419 e. The molecule has 0 aliphatic carbocycles. The van der Waals surface area contributed by atoms with Crippen LogP contribution < -0.4 is 9.64 Å². The van der Waals surface area contributed by atoms with Crippen molar-refractivity contribution in [3.05, 3.63) is 66.4 Å². The lowest BCUT2D eigenvalue weighted by molar-refractivity contribution is 0.0598. The van der Waals surface area contributed by atoms with Crippen molar-refractivity contribution in [2.24, 2.45) is 0 Å². The fourth-order valence-electron chi connectivity index (χ4n) is 2.35. The Hall–Kier alpha value is -2.75. The van der Waals surface area contributed by atoms with Crippen LogP contribution in [-0.2, 0) is 4.74 Å². The van der Waals surface area contributed by atoms with Crippen molar-refractivity contribution in [2.75, 3.05) is 4.90 Å². The van der Waals surface area contributed by atoms with Crippen molar-refractivity contribution < 1.29 is 14.3 Å². The third-order valence-electron chi connectivity index (χ3n) is 3.29. The molecule has 0 atom stereocenters. The van der Waals surface area contributed by atoms with Crippen molar-refractivity contribution >= 4 is 17.5 Å². The second-order valence-electron chi connectivity index (χ2n) is 6.27. The highest BCUT2D eigenvalue weighted by Crippen LogP contribution is 2.38. The molecule has 0 N–H and O–H groups in total. The first-order valence-corrected chi connectivity index (χ1v) is 7.50. The maximum atomic E-state index is 12.8. The lowest BCUT2D eigenvalue weighted by Gasteiger charge is -2.32. The summed E-state index contributed by atoms with van der Waals surface area (Å²) in [6, 6.07) is 17.0. The van der Waals surface area contributed by atoms with E-state index in [0.717, 1.165) is 5.56 Å². The number of hydrogen-bond donors (Lipinski definition) is 0. The first-order valence-electron chi connectivity index (χ1n) is 7.50. The van der Waals surface area contributed by atoms with Gasteiger partial charge >= 0.3 is 6.09 Å². The Bertz CT molecular complexity index is 745. The molecular weight excluding hydrogens is 290 g/mol. The van der Waals surface area contributed by atoms with Gasteiger partial charge in [0, 0.05) is 5.56 Å². The smallest absolute Gasteiger partial charge is 0.419 e. The van der Waals surface area contributed by atoms with Gasteiger partial charge in [-0.3, -0.25) is 0 Å². The molecule has 2 aromatic carbocycles. The fraction of sp³-hybridized carbons (Fsp3) is 0.211. The summed E-state index contributed by atoms with van der Waals surface area (Å²) in [6.45, 7) is 5.55. The van der Waals surface area contributed by atoms with Gasteiger partial charge in [0.1, 0.15) is 11.9 Å². The summed E-state index contributed by atoms with van der Waals surface area (Å²) in [5.41, 5.74) is 1.63. The van der Waals surface area contributed by atoms with Crippen LogP contribution in [0, 0.1) is 0 Å². The van der Waals surface area contributed by atoms with Crippen molar-refractivity contribution in [2.45, 2.75) is 26.4 Å². The van der Waals surface area contributed by atoms with E-state index < -0.39 is 11.7 Å². The summed E-state index contributed by atoms with van der Waals surface area (Å²) in [5, 5.41) is 0. The molecular formula is C19H19NO3. The molecule has 1 heterocycles. The number of amides is 1. The van der Waals surface area contributed by atoms with E-state index >= 15 is 0 Å². The molecule has 0 unspecified atom stereocenters. The Balaban J connectivity index is 2.05. The Kier molecular flexibility index (Phi) is 3.82. The zero-order valence-electron chi connectivity index (χ0n) is 13.4. The van der Waals surface area contributed by atoms with Gasteiger partial charge < -0.3 is 9.47 Å². The van der Waals surface area contributed by atoms with E-state index in [2.05, 4.69) is 0 Å². The molecule has 0 aromatic heterocycles. The first-order chi connectivity index (χ1) is 11.0. The molecule has 4 nitrogen and oxygen atoms in total. The second-order valence-corrected chi connectivity index (χ2v) is 6.27. The third-order valence-corrected chi connectivity index (χ3v) is 3.29. The number of benzene rings is 2. The van der Waals surface area contributed by atoms with Gasteiger partial charge in [0.2, 0.25) is 0 Å². The number of para-hydroxylation sites is 2. The number of rotatable bonds is 1. The van der Waals surface area contributed by atoms with E-state index in [4.69, 9.17) is 9.47 Å². The van der Waals surface area contributed by atoms with Crippen LogP contribution in [0.25, 0.3) is 5.70 Å². The minimum Gasteiger partial charge on any atom is -0.461 e. The normalized spacial score (nSPS) is 13.7. The van der Waals surface area contributed by atoms with Crippen molar-refractivity contribution in [1.29, 1.82) is 0 Å². The highest BCUT2D eigenvalue weighted by molar-refractivity contribution is 6.04. The number of anilines is 1. The van der Waals surface area contributed by atoms with E-state index in [9.17, 15) is 4.79 Å². The average molecular weight is 309 g/mol. The van der Waals surface area contributed by atoms with Crippen LogP contribution in [0.5, 0.6) is 5.75 Å². The van der Waals surface area contributed by atoms with Gasteiger partial charge in [-0.1, -0.05) is 42.5 Å². The Labute approximate surface area is 135 Å². The molecule has 0 radical (unpaired) electrons. The van der Waals surface area contributed by atoms with E-state index in [-0.39, 0.29) is 0 Å². The van der Waals surface area contributed by atoms with Gasteiger partial charge in [0.05, 0.1) is 11.4 Å². The number of hydrogen-bond acceptors (Lipinski definition) is 3. The average Bonchev–Trinajstić information content (AvgIpc) is 2.53. The second kappa shape index (κ2) is 5.80. The highest BCUT2D eigenvalue weighted by Gasteiger charge is 2.31. The molecule has 0 bridgehead atoms. The zero-order valence-corrected chi connectivity index (χ0v) is 13.4. The SMILES string of the molecule is CC(C)(C)OC(=O)N1C(c2ccccc2)=COc2ccccc21. The molecule has 0 spiro atoms. The zero-order chi connectivity index (χ0) is 16.4. The predicted molar refractivity (Wildman–Crippen MR) is 90.2 cm³/mol. The van der Waals surface area contributed by atoms with Crippen LogP contribution in [0.15, 0.2) is 60.9 Å². The van der Waals surface area contributed by atoms with Gasteiger partial charge in [-0.25, -0.2) is 9.69 Å². The quantitative estimate of drug-likeness (QED) is 0.758. The number of carbonyl (C=O) groups excluding carboxylic acids is 1. The minimum absolute atomic E-state index is 0.427. The van der Waals surface area contributed by atoms with Gasteiger partial charge in [-0.15, -0.1) is 0 Å². The number of fused-ring (bicyclic) bond motifs is 1. The van der Waals surface area contributed by atoms with E-state index in [1.165, 1.54) is 0 Å². The van der Waals surface area contributed by atoms with Crippen LogP contribution in [0.3, 0.4) is 0 Å². The molecule has 118 valence electrons. The molecule has 2 aromatic rings. The molecule has 0 saturated carbocycles. The Morgan fingerprint density at radius 3 is 2.35 bits per heavy atom. The molecule has 3 rings (SSSR count). The van der Waals surface area contributed by atoms with Crippen LogP contribution in [0.4, 0.5) is 10.5 Å². The maximum absolute atomic E-state index is 12.8. The topological polar surface area (TPSA) is 38.8 Å². The summed E-state index contributed by atoms with van der Waals surface area (Å²) in [4.78, 5) is 14.3. The van der Waals surface area contributed by atoms with Gasteiger partial charge in [0.15, 0.2) is 5.75 Å². The summed E-state index contributed by atoms with van der Waals surface area (Å²) in [6.07, 6.45) is 1.16. The number of ether oxygens (including phenoxy) is 2. The van der Waals surface area contributed by atoms with Crippen LogP contribution in [-0.4, -0.2) is 11.7 Å². The van der Waals surface area contributed by atoms with Gasteiger partial charge in [-0.05, 0) is 32.9 Å². The number of carbonyl (C=O) groups is 1. The fourth-order valence-corrected chi connectivity index (χ4v) is 2.35. The minimum atomic E-state index is -0.577. The Morgan fingerprint density at radius 1 is 1.00 bits per heavy atom. The summed E-state index contributed by atoms with van der Waals surface area (Å²) >= 11 is 0. The predicted octanol–water partition coefficient (Wildman–Crippen LogP) is 4.82. The van der Waals surface area contributed by atoms with Gasteiger partial charge in [0.25, 0.3) is 0 Å². The largest absolute Gasteiger partial charge is 0.461 e. The molecule has 23 heavy (non-hydrogen) atoms. The highest BCUT2D eigenvalue weighted by atomic mass is 16.6. The van der Waals surface area contributed by atoms with Crippen molar-refractivity contribution in [3.8, 4) is 5.75 Å². The third kappa shape index (κ3) is 3.21. The summed E-state index contributed by atoms with van der Waals surface area (Å²) in [7, 11) is 0. The summed E-state index contributed by atoms with van der Waals surface area (Å²) < 4.78 is 11.3. The lowest BCUT2D eigenvalue weighted by Crippen LogP contribution is -2.37. The molecule has 1 amide bonds. The molecule has 4 heteroatoms. The van der Waals surface area contributed by atoms with Crippen LogP contribution >= 0.6 is 0 Å². The van der Waals surface area contributed by atoms with E-state index in [0.29, 0.717) is 17.1 Å².